The Labute approximate surface area is 125 Å². The van der Waals surface area contributed by atoms with E-state index in [0.717, 1.165) is 5.56 Å². The smallest absolute Gasteiger partial charge is 0.341 e. The third kappa shape index (κ3) is 3.18. The molecule has 0 aliphatic heterocycles. The van der Waals surface area contributed by atoms with Gasteiger partial charge in [0.15, 0.2) is 0 Å². The van der Waals surface area contributed by atoms with Crippen molar-refractivity contribution < 1.29 is 9.53 Å². The van der Waals surface area contributed by atoms with E-state index in [9.17, 15) is 4.79 Å². The zero-order valence-electron chi connectivity index (χ0n) is 9.78. The number of benzene rings is 1. The molecule has 0 saturated carbocycles. The van der Waals surface area contributed by atoms with Gasteiger partial charge in [0.05, 0.1) is 12.7 Å². The van der Waals surface area contributed by atoms with Gasteiger partial charge in [0.1, 0.15) is 5.15 Å². The Morgan fingerprint density at radius 3 is 2.26 bits per heavy atom. The monoisotopic (exact) mass is 315 g/mol. The minimum Gasteiger partial charge on any atom is -0.465 e. The van der Waals surface area contributed by atoms with Gasteiger partial charge >= 0.3 is 5.97 Å². The number of rotatable bonds is 2. The van der Waals surface area contributed by atoms with Crippen molar-refractivity contribution in [1.82, 2.24) is 4.98 Å². The lowest BCUT2D eigenvalue weighted by Crippen LogP contribution is -2.03. The number of hydrogen-bond donors (Lipinski definition) is 0. The summed E-state index contributed by atoms with van der Waals surface area (Å²) in [5, 5.41) is 1.08. The van der Waals surface area contributed by atoms with Gasteiger partial charge in [-0.1, -0.05) is 34.8 Å². The van der Waals surface area contributed by atoms with Crippen molar-refractivity contribution >= 4 is 40.8 Å². The zero-order valence-corrected chi connectivity index (χ0v) is 12.1. The molecule has 0 saturated heterocycles. The maximum Gasteiger partial charge on any atom is 0.341 e. The topological polar surface area (TPSA) is 39.2 Å². The van der Waals surface area contributed by atoms with Gasteiger partial charge in [-0.25, -0.2) is 9.78 Å². The lowest BCUT2D eigenvalue weighted by atomic mass is 10.1. The molecule has 0 radical (unpaired) electrons. The second-order valence-corrected chi connectivity index (χ2v) is 4.94. The van der Waals surface area contributed by atoms with E-state index in [4.69, 9.17) is 34.8 Å². The van der Waals surface area contributed by atoms with E-state index in [1.165, 1.54) is 13.3 Å². The Morgan fingerprint density at radius 1 is 1.05 bits per heavy atom. The first kappa shape index (κ1) is 14.1. The van der Waals surface area contributed by atoms with Crippen LogP contribution in [0.4, 0.5) is 0 Å². The Kier molecular flexibility index (Phi) is 4.30. The van der Waals surface area contributed by atoms with Gasteiger partial charge in [-0.05, 0) is 29.8 Å². The SMILES string of the molecule is COC(=O)c1cc(-c2cc(Cl)cc(Cl)c2)cnc1Cl. The minimum absolute atomic E-state index is 0.0868. The van der Waals surface area contributed by atoms with Gasteiger partial charge < -0.3 is 4.74 Å². The highest BCUT2D eigenvalue weighted by Gasteiger charge is 2.13. The summed E-state index contributed by atoms with van der Waals surface area (Å²) in [7, 11) is 1.28. The van der Waals surface area contributed by atoms with Crippen LogP contribution in [0.25, 0.3) is 11.1 Å². The fraction of sp³-hybridized carbons (Fsp3) is 0.0769. The number of carbonyl (C=O) groups is 1. The molecule has 19 heavy (non-hydrogen) atoms. The molecule has 1 aromatic carbocycles. The van der Waals surface area contributed by atoms with Crippen LogP contribution in [0.3, 0.4) is 0 Å². The first-order valence-corrected chi connectivity index (χ1v) is 6.35. The predicted molar refractivity (Wildman–Crippen MR) is 76.0 cm³/mol. The molecule has 0 unspecified atom stereocenters. The molecule has 0 bridgehead atoms. The van der Waals surface area contributed by atoms with Crippen LogP contribution in [0.15, 0.2) is 30.5 Å². The second-order valence-electron chi connectivity index (χ2n) is 3.71. The summed E-state index contributed by atoms with van der Waals surface area (Å²) in [5.41, 5.74) is 1.61. The number of nitrogens with zero attached hydrogens (tertiary/aromatic N) is 1. The molecule has 98 valence electrons. The van der Waals surface area contributed by atoms with Crippen LogP contribution in [0.5, 0.6) is 0 Å². The fourth-order valence-corrected chi connectivity index (χ4v) is 2.29. The van der Waals surface area contributed by atoms with Crippen molar-refractivity contribution in [3.63, 3.8) is 0 Å². The Morgan fingerprint density at radius 2 is 1.68 bits per heavy atom. The van der Waals surface area contributed by atoms with Crippen molar-refractivity contribution in [2.24, 2.45) is 0 Å². The molecule has 0 atom stereocenters. The second kappa shape index (κ2) is 5.78. The molecular weight excluding hydrogens is 309 g/mol. The number of ether oxygens (including phenoxy) is 1. The normalized spacial score (nSPS) is 10.3. The summed E-state index contributed by atoms with van der Waals surface area (Å²) in [6, 6.07) is 6.65. The van der Waals surface area contributed by atoms with Crippen molar-refractivity contribution in [3.8, 4) is 11.1 Å². The Hall–Kier alpha value is -1.29. The highest BCUT2D eigenvalue weighted by Crippen LogP contribution is 2.28. The van der Waals surface area contributed by atoms with Gasteiger partial charge in [0, 0.05) is 21.8 Å². The van der Waals surface area contributed by atoms with Crippen LogP contribution in [0.1, 0.15) is 10.4 Å². The molecule has 0 N–H and O–H groups in total. The third-order valence-electron chi connectivity index (χ3n) is 2.44. The molecule has 2 aromatic rings. The van der Waals surface area contributed by atoms with Crippen LogP contribution in [-0.4, -0.2) is 18.1 Å². The summed E-state index contributed by atoms with van der Waals surface area (Å²) in [6.45, 7) is 0. The van der Waals surface area contributed by atoms with Crippen molar-refractivity contribution in [2.75, 3.05) is 7.11 Å². The summed E-state index contributed by atoms with van der Waals surface area (Å²) in [4.78, 5) is 15.5. The Balaban J connectivity index is 2.54. The van der Waals surface area contributed by atoms with Gasteiger partial charge in [-0.3, -0.25) is 0 Å². The van der Waals surface area contributed by atoms with Crippen LogP contribution in [0, 0.1) is 0 Å². The first-order valence-electron chi connectivity index (χ1n) is 5.21. The molecule has 1 aromatic heterocycles. The number of pyridine rings is 1. The molecule has 1 heterocycles. The minimum atomic E-state index is -0.549. The number of halogens is 3. The predicted octanol–water partition coefficient (Wildman–Crippen LogP) is 4.50. The number of aromatic nitrogens is 1. The van der Waals surface area contributed by atoms with Crippen molar-refractivity contribution in [1.29, 1.82) is 0 Å². The summed E-state index contributed by atoms with van der Waals surface area (Å²) >= 11 is 17.7. The van der Waals surface area contributed by atoms with Gasteiger partial charge in [-0.15, -0.1) is 0 Å². The molecule has 6 heteroatoms. The van der Waals surface area contributed by atoms with Crippen molar-refractivity contribution in [3.05, 3.63) is 51.2 Å². The van der Waals surface area contributed by atoms with E-state index in [1.54, 1.807) is 24.3 Å². The number of carbonyl (C=O) groups excluding carboxylic acids is 1. The highest BCUT2D eigenvalue weighted by atomic mass is 35.5. The quantitative estimate of drug-likeness (QED) is 0.605. The van der Waals surface area contributed by atoms with Crippen LogP contribution in [0.2, 0.25) is 15.2 Å². The van der Waals surface area contributed by atoms with E-state index < -0.39 is 5.97 Å². The molecule has 0 aliphatic rings. The molecular formula is C13H8Cl3NO2. The third-order valence-corrected chi connectivity index (χ3v) is 3.18. The first-order chi connectivity index (χ1) is 9.01. The molecule has 0 amide bonds. The highest BCUT2D eigenvalue weighted by molar-refractivity contribution is 6.35. The Bertz CT molecular complexity index is 624. The molecule has 2 rings (SSSR count). The van der Waals surface area contributed by atoms with Gasteiger partial charge in [-0.2, -0.15) is 0 Å². The van der Waals surface area contributed by atoms with Crippen LogP contribution < -0.4 is 0 Å². The average Bonchev–Trinajstić information content (AvgIpc) is 2.37. The van der Waals surface area contributed by atoms with Gasteiger partial charge in [0.2, 0.25) is 0 Å². The van der Waals surface area contributed by atoms with Gasteiger partial charge in [0.25, 0.3) is 0 Å². The summed E-state index contributed by atoms with van der Waals surface area (Å²) in [6.07, 6.45) is 1.54. The summed E-state index contributed by atoms with van der Waals surface area (Å²) < 4.78 is 4.64. The lowest BCUT2D eigenvalue weighted by Gasteiger charge is -2.06. The van der Waals surface area contributed by atoms with E-state index >= 15 is 0 Å². The number of methoxy groups -OCH3 is 1. The molecule has 0 aliphatic carbocycles. The average molecular weight is 317 g/mol. The van der Waals surface area contributed by atoms with E-state index in [2.05, 4.69) is 9.72 Å². The zero-order chi connectivity index (χ0) is 14.0. The van der Waals surface area contributed by atoms with E-state index in [1.807, 2.05) is 0 Å². The number of hydrogen-bond acceptors (Lipinski definition) is 3. The standard InChI is InChI=1S/C13H8Cl3NO2/c1-19-13(18)11-4-8(6-17-12(11)16)7-2-9(14)5-10(15)3-7/h2-6H,1H3. The fourth-order valence-electron chi connectivity index (χ4n) is 1.58. The number of esters is 1. The van der Waals surface area contributed by atoms with Crippen LogP contribution in [-0.2, 0) is 4.74 Å². The molecule has 0 spiro atoms. The van der Waals surface area contributed by atoms with Crippen molar-refractivity contribution in [2.45, 2.75) is 0 Å². The van der Waals surface area contributed by atoms with Crippen LogP contribution >= 0.6 is 34.8 Å². The van der Waals surface area contributed by atoms with E-state index in [-0.39, 0.29) is 10.7 Å². The maximum absolute atomic E-state index is 11.6. The maximum atomic E-state index is 11.6. The molecule has 3 nitrogen and oxygen atoms in total. The summed E-state index contributed by atoms with van der Waals surface area (Å²) in [5.74, 6) is -0.549. The largest absolute Gasteiger partial charge is 0.465 e. The lowest BCUT2D eigenvalue weighted by molar-refractivity contribution is 0.0600. The molecule has 0 fully saturated rings. The van der Waals surface area contributed by atoms with E-state index in [0.29, 0.717) is 15.6 Å².